The molecule has 0 aliphatic rings. The predicted octanol–water partition coefficient (Wildman–Crippen LogP) is 0.623. The summed E-state index contributed by atoms with van der Waals surface area (Å²) in [7, 11) is -3.74. The number of carbonyl (C=O) groups excluding carboxylic acids is 1. The Morgan fingerprint density at radius 3 is 2.31 bits per heavy atom. The van der Waals surface area contributed by atoms with Crippen LogP contribution in [0.5, 0.6) is 0 Å². The van der Waals surface area contributed by atoms with Gasteiger partial charge in [-0.25, -0.2) is 0 Å². The first kappa shape index (κ1) is 21.5. The number of carbonyl (C=O) groups is 1. The lowest BCUT2D eigenvalue weighted by molar-refractivity contribution is -0.394. The molecule has 0 radical (unpaired) electrons. The second-order valence-corrected chi connectivity index (χ2v) is 6.93. The number of nitrogens with two attached hydrogens (primary N) is 1. The molecule has 0 spiro atoms. The summed E-state index contributed by atoms with van der Waals surface area (Å²) in [6.45, 7) is -0.474. The molecule has 1 amide bonds. The molecule has 1 aromatic carbocycles. The van der Waals surface area contributed by atoms with Gasteiger partial charge in [-0.3, -0.25) is 29.2 Å². The number of rotatable bonds is 10. The highest BCUT2D eigenvalue weighted by Crippen LogP contribution is 2.37. The number of hydrogen-bond acceptors (Lipinski definition) is 9. The van der Waals surface area contributed by atoms with Crippen LogP contribution in [0.1, 0.15) is 10.4 Å². The standard InChI is InChI=1S/C12H15ClN4O8S/c1-26(23,24)25-7-6-15(5-4-13)9-3-2-8(16(19)20)10(12(14)18)11(9)17(21)22/h2-3H,4-7H2,1H3,(H2,14,18). The molecular weight excluding hydrogens is 396 g/mol. The van der Waals surface area contributed by atoms with E-state index < -0.39 is 42.8 Å². The van der Waals surface area contributed by atoms with Crippen molar-refractivity contribution >= 4 is 44.7 Å². The quantitative estimate of drug-likeness (QED) is 0.250. The van der Waals surface area contributed by atoms with Crippen LogP contribution in [0, 0.1) is 20.2 Å². The van der Waals surface area contributed by atoms with Crippen LogP contribution in [0.25, 0.3) is 0 Å². The fourth-order valence-corrected chi connectivity index (χ4v) is 2.74. The monoisotopic (exact) mass is 410 g/mol. The molecular formula is C12H15ClN4O8S. The second kappa shape index (κ2) is 8.73. The highest BCUT2D eigenvalue weighted by atomic mass is 35.5. The van der Waals surface area contributed by atoms with Gasteiger partial charge in [0.2, 0.25) is 0 Å². The predicted molar refractivity (Wildman–Crippen MR) is 92.0 cm³/mol. The lowest BCUT2D eigenvalue weighted by Gasteiger charge is -2.23. The Morgan fingerprint density at radius 2 is 1.88 bits per heavy atom. The van der Waals surface area contributed by atoms with Crippen LogP contribution in [-0.4, -0.2) is 56.0 Å². The molecule has 0 heterocycles. The molecule has 14 heteroatoms. The molecule has 0 saturated carbocycles. The van der Waals surface area contributed by atoms with Crippen molar-refractivity contribution in [2.24, 2.45) is 5.73 Å². The number of alkyl halides is 1. The van der Waals surface area contributed by atoms with Gasteiger partial charge in [0.1, 0.15) is 5.69 Å². The van der Waals surface area contributed by atoms with Gasteiger partial charge in [-0.1, -0.05) is 0 Å². The first-order chi connectivity index (χ1) is 12.0. The summed E-state index contributed by atoms with van der Waals surface area (Å²) in [5.41, 5.74) is 2.38. The zero-order valence-corrected chi connectivity index (χ0v) is 15.0. The van der Waals surface area contributed by atoms with E-state index in [-0.39, 0.29) is 31.3 Å². The minimum atomic E-state index is -3.74. The summed E-state index contributed by atoms with van der Waals surface area (Å²) in [6, 6.07) is 1.97. The highest BCUT2D eigenvalue weighted by molar-refractivity contribution is 7.85. The minimum Gasteiger partial charge on any atom is -0.365 e. The van der Waals surface area contributed by atoms with Crippen LogP contribution in [0.15, 0.2) is 12.1 Å². The number of primary amides is 1. The Kier molecular flexibility index (Phi) is 7.23. The molecule has 0 aromatic heterocycles. The van der Waals surface area contributed by atoms with Gasteiger partial charge >= 0.3 is 5.69 Å². The maximum atomic E-state index is 11.6. The molecule has 12 nitrogen and oxygen atoms in total. The number of halogens is 1. The first-order valence-electron chi connectivity index (χ1n) is 6.90. The molecule has 144 valence electrons. The minimum absolute atomic E-state index is 0.00107. The van der Waals surface area contributed by atoms with E-state index in [2.05, 4.69) is 4.18 Å². The molecule has 0 atom stereocenters. The van der Waals surface area contributed by atoms with Crippen molar-refractivity contribution in [2.45, 2.75) is 0 Å². The zero-order valence-electron chi connectivity index (χ0n) is 13.5. The van der Waals surface area contributed by atoms with E-state index in [0.29, 0.717) is 0 Å². The number of benzene rings is 1. The van der Waals surface area contributed by atoms with Crippen LogP contribution >= 0.6 is 11.6 Å². The van der Waals surface area contributed by atoms with Crippen molar-refractivity contribution in [3.05, 3.63) is 37.9 Å². The van der Waals surface area contributed by atoms with E-state index in [4.69, 9.17) is 17.3 Å². The third kappa shape index (κ3) is 5.50. The summed E-state index contributed by atoms with van der Waals surface area (Å²) in [5, 5.41) is 22.5. The SMILES string of the molecule is CS(=O)(=O)OCCN(CCCl)c1ccc([N+](=O)[O-])c(C(N)=O)c1[N+](=O)[O-]. The van der Waals surface area contributed by atoms with Crippen LogP contribution in [-0.2, 0) is 14.3 Å². The molecule has 2 N–H and O–H groups in total. The molecule has 0 bridgehead atoms. The number of anilines is 1. The number of nitrogens with zero attached hydrogens (tertiary/aromatic N) is 3. The smallest absolute Gasteiger partial charge is 0.312 e. The maximum Gasteiger partial charge on any atom is 0.312 e. The van der Waals surface area contributed by atoms with E-state index in [1.807, 2.05) is 0 Å². The van der Waals surface area contributed by atoms with Gasteiger partial charge in [-0.15, -0.1) is 11.6 Å². The normalized spacial score (nSPS) is 11.2. The van der Waals surface area contributed by atoms with E-state index >= 15 is 0 Å². The topological polar surface area (TPSA) is 176 Å². The van der Waals surface area contributed by atoms with Gasteiger partial charge in [-0.05, 0) is 6.07 Å². The highest BCUT2D eigenvalue weighted by Gasteiger charge is 2.34. The Bertz CT molecular complexity index is 829. The van der Waals surface area contributed by atoms with Crippen molar-refractivity contribution < 1.29 is 27.2 Å². The van der Waals surface area contributed by atoms with Crippen molar-refractivity contribution in [2.75, 3.05) is 36.7 Å². The van der Waals surface area contributed by atoms with Gasteiger partial charge in [-0.2, -0.15) is 8.42 Å². The fourth-order valence-electron chi connectivity index (χ4n) is 2.16. The average molecular weight is 411 g/mol. The Labute approximate surface area is 152 Å². The third-order valence-corrected chi connectivity index (χ3v) is 3.88. The molecule has 0 aliphatic carbocycles. The third-order valence-electron chi connectivity index (χ3n) is 3.11. The van der Waals surface area contributed by atoms with Crippen LogP contribution in [0.2, 0.25) is 0 Å². The summed E-state index contributed by atoms with van der Waals surface area (Å²) in [6.07, 6.45) is 0.832. The van der Waals surface area contributed by atoms with Crippen molar-refractivity contribution in [3.8, 4) is 0 Å². The summed E-state index contributed by atoms with van der Waals surface area (Å²) in [5.74, 6) is -1.35. The number of hydrogen-bond donors (Lipinski definition) is 1. The van der Waals surface area contributed by atoms with E-state index in [1.54, 1.807) is 0 Å². The maximum absolute atomic E-state index is 11.6. The molecule has 0 unspecified atom stereocenters. The first-order valence-corrected chi connectivity index (χ1v) is 9.25. The van der Waals surface area contributed by atoms with Gasteiger partial charge in [0.05, 0.1) is 22.7 Å². The Balaban J connectivity index is 3.46. The van der Waals surface area contributed by atoms with Gasteiger partial charge < -0.3 is 10.6 Å². The van der Waals surface area contributed by atoms with Crippen LogP contribution in [0.4, 0.5) is 17.1 Å². The van der Waals surface area contributed by atoms with Crippen molar-refractivity contribution in [1.29, 1.82) is 0 Å². The Morgan fingerprint density at radius 1 is 1.27 bits per heavy atom. The lowest BCUT2D eigenvalue weighted by Crippen LogP contribution is -2.31. The fraction of sp³-hybridized carbons (Fsp3) is 0.417. The molecule has 0 saturated heterocycles. The number of nitro benzene ring substituents is 2. The molecule has 1 rings (SSSR count). The molecule has 26 heavy (non-hydrogen) atoms. The summed E-state index contributed by atoms with van der Waals surface area (Å²) in [4.78, 5) is 33.4. The molecule has 1 aromatic rings. The van der Waals surface area contributed by atoms with Crippen molar-refractivity contribution in [3.63, 3.8) is 0 Å². The second-order valence-electron chi connectivity index (χ2n) is 4.91. The van der Waals surface area contributed by atoms with E-state index in [9.17, 15) is 33.4 Å². The summed E-state index contributed by atoms with van der Waals surface area (Å²) < 4.78 is 26.7. The van der Waals surface area contributed by atoms with Crippen LogP contribution < -0.4 is 10.6 Å². The Hall–Kier alpha value is -2.51. The largest absolute Gasteiger partial charge is 0.365 e. The van der Waals surface area contributed by atoms with Gasteiger partial charge in [0, 0.05) is 25.0 Å². The van der Waals surface area contributed by atoms with E-state index in [0.717, 1.165) is 18.4 Å². The lowest BCUT2D eigenvalue weighted by atomic mass is 10.1. The number of nitro groups is 2. The van der Waals surface area contributed by atoms with Gasteiger partial charge in [0.15, 0.2) is 5.56 Å². The summed E-state index contributed by atoms with van der Waals surface area (Å²) >= 11 is 5.66. The average Bonchev–Trinajstić information content (AvgIpc) is 2.51. The van der Waals surface area contributed by atoms with Gasteiger partial charge in [0.25, 0.3) is 21.7 Å². The molecule has 0 fully saturated rings. The van der Waals surface area contributed by atoms with Crippen LogP contribution in [0.3, 0.4) is 0 Å². The van der Waals surface area contributed by atoms with E-state index in [1.165, 1.54) is 4.90 Å². The van der Waals surface area contributed by atoms with Crippen molar-refractivity contribution in [1.82, 2.24) is 0 Å². The molecule has 0 aliphatic heterocycles. The number of amides is 1. The zero-order chi connectivity index (χ0) is 20.1.